The molecular weight excluding hydrogens is 257 g/mol. The van der Waals surface area contributed by atoms with Crippen LogP contribution in [0.4, 0.5) is 4.39 Å². The molecule has 0 unspecified atom stereocenters. The highest BCUT2D eigenvalue weighted by atomic mass is 35.5. The minimum absolute atomic E-state index is 0. The number of piperidine rings is 1. The Labute approximate surface area is 113 Å². The fourth-order valence-electron chi connectivity index (χ4n) is 1.87. The first-order chi connectivity index (χ1) is 8.34. The third-order valence-corrected chi connectivity index (χ3v) is 2.81. The molecule has 1 aromatic carbocycles. The Morgan fingerprint density at radius 2 is 1.78 bits per heavy atom. The molecule has 18 heavy (non-hydrogen) atoms. The van der Waals surface area contributed by atoms with E-state index in [4.69, 9.17) is 9.47 Å². The van der Waals surface area contributed by atoms with Gasteiger partial charge in [-0.05, 0) is 50.2 Å². The van der Waals surface area contributed by atoms with Gasteiger partial charge in [0.15, 0.2) is 0 Å². The lowest BCUT2D eigenvalue weighted by molar-refractivity contribution is 0.0168. The van der Waals surface area contributed by atoms with Crippen molar-refractivity contribution in [1.82, 2.24) is 5.32 Å². The first-order valence-electron chi connectivity index (χ1n) is 6.05. The van der Waals surface area contributed by atoms with E-state index in [0.29, 0.717) is 25.1 Å². The molecular formula is C13H19ClFNO2. The molecule has 3 nitrogen and oxygen atoms in total. The topological polar surface area (TPSA) is 30.5 Å². The van der Waals surface area contributed by atoms with Crippen LogP contribution in [0, 0.1) is 5.82 Å². The number of benzene rings is 1. The third kappa shape index (κ3) is 5.21. The SMILES string of the molecule is Cl.Fc1ccc(OCCOC2CCNCC2)cc1. The van der Waals surface area contributed by atoms with E-state index in [2.05, 4.69) is 5.32 Å². The van der Waals surface area contributed by atoms with E-state index in [1.807, 2.05) is 0 Å². The van der Waals surface area contributed by atoms with Crippen LogP contribution in [0.3, 0.4) is 0 Å². The van der Waals surface area contributed by atoms with Crippen LogP contribution in [0.2, 0.25) is 0 Å². The summed E-state index contributed by atoms with van der Waals surface area (Å²) in [7, 11) is 0. The highest BCUT2D eigenvalue weighted by Crippen LogP contribution is 2.11. The Morgan fingerprint density at radius 3 is 2.44 bits per heavy atom. The Bertz CT molecular complexity index is 328. The number of hydrogen-bond acceptors (Lipinski definition) is 3. The summed E-state index contributed by atoms with van der Waals surface area (Å²) in [4.78, 5) is 0. The van der Waals surface area contributed by atoms with Gasteiger partial charge in [-0.3, -0.25) is 0 Å². The van der Waals surface area contributed by atoms with Crippen LogP contribution in [0.1, 0.15) is 12.8 Å². The summed E-state index contributed by atoms with van der Waals surface area (Å²) >= 11 is 0. The molecule has 0 aromatic heterocycles. The molecule has 1 saturated heterocycles. The van der Waals surface area contributed by atoms with Gasteiger partial charge >= 0.3 is 0 Å². The van der Waals surface area contributed by atoms with Crippen molar-refractivity contribution in [2.75, 3.05) is 26.3 Å². The summed E-state index contributed by atoms with van der Waals surface area (Å²) in [6.45, 7) is 3.16. The molecule has 0 bridgehead atoms. The monoisotopic (exact) mass is 275 g/mol. The van der Waals surface area contributed by atoms with E-state index in [9.17, 15) is 4.39 Å². The molecule has 0 amide bonds. The molecule has 1 N–H and O–H groups in total. The molecule has 0 radical (unpaired) electrons. The molecule has 1 fully saturated rings. The maximum atomic E-state index is 12.6. The highest BCUT2D eigenvalue weighted by Gasteiger charge is 2.12. The first kappa shape index (κ1) is 15.2. The van der Waals surface area contributed by atoms with Crippen LogP contribution in [0.25, 0.3) is 0 Å². The quantitative estimate of drug-likeness (QED) is 0.837. The van der Waals surface area contributed by atoms with Crippen LogP contribution >= 0.6 is 12.4 Å². The van der Waals surface area contributed by atoms with Crippen LogP contribution in [-0.2, 0) is 4.74 Å². The maximum Gasteiger partial charge on any atom is 0.123 e. The van der Waals surface area contributed by atoms with Gasteiger partial charge in [-0.2, -0.15) is 0 Å². The van der Waals surface area contributed by atoms with E-state index < -0.39 is 0 Å². The average Bonchev–Trinajstić information content (AvgIpc) is 2.38. The number of halogens is 2. The second kappa shape index (κ2) is 8.29. The van der Waals surface area contributed by atoms with Crippen molar-refractivity contribution >= 4 is 12.4 Å². The fourth-order valence-corrected chi connectivity index (χ4v) is 1.87. The van der Waals surface area contributed by atoms with Crippen LogP contribution in [0.15, 0.2) is 24.3 Å². The van der Waals surface area contributed by atoms with Gasteiger partial charge in [0.1, 0.15) is 18.2 Å². The zero-order chi connectivity index (χ0) is 11.9. The average molecular weight is 276 g/mol. The molecule has 1 heterocycles. The maximum absolute atomic E-state index is 12.6. The summed E-state index contributed by atoms with van der Waals surface area (Å²) < 4.78 is 23.8. The molecule has 0 aliphatic carbocycles. The van der Waals surface area contributed by atoms with Crippen LogP contribution in [0.5, 0.6) is 5.75 Å². The minimum Gasteiger partial charge on any atom is -0.491 e. The number of rotatable bonds is 5. The molecule has 1 aliphatic rings. The van der Waals surface area contributed by atoms with E-state index in [0.717, 1.165) is 25.9 Å². The second-order valence-electron chi connectivity index (χ2n) is 4.12. The molecule has 102 valence electrons. The standard InChI is InChI=1S/C13H18FNO2.ClH/c14-11-1-3-12(4-2-11)16-9-10-17-13-5-7-15-8-6-13;/h1-4,13,15H,5-10H2;1H. The molecule has 0 spiro atoms. The van der Waals surface area contributed by atoms with Gasteiger partial charge in [-0.25, -0.2) is 4.39 Å². The summed E-state index contributed by atoms with van der Waals surface area (Å²) in [5, 5.41) is 3.29. The highest BCUT2D eigenvalue weighted by molar-refractivity contribution is 5.85. The predicted molar refractivity (Wildman–Crippen MR) is 71.0 cm³/mol. The lowest BCUT2D eigenvalue weighted by Crippen LogP contribution is -2.33. The number of ether oxygens (including phenoxy) is 2. The lowest BCUT2D eigenvalue weighted by Gasteiger charge is -2.22. The van der Waals surface area contributed by atoms with Crippen molar-refractivity contribution in [3.8, 4) is 5.75 Å². The number of hydrogen-bond donors (Lipinski definition) is 1. The van der Waals surface area contributed by atoms with E-state index in [1.54, 1.807) is 12.1 Å². The largest absolute Gasteiger partial charge is 0.491 e. The summed E-state index contributed by atoms with van der Waals surface area (Å²) in [6.07, 6.45) is 2.49. The molecule has 2 rings (SSSR count). The van der Waals surface area contributed by atoms with E-state index in [-0.39, 0.29) is 18.2 Å². The van der Waals surface area contributed by atoms with Crippen molar-refractivity contribution < 1.29 is 13.9 Å². The van der Waals surface area contributed by atoms with Crippen molar-refractivity contribution in [2.45, 2.75) is 18.9 Å². The summed E-state index contributed by atoms with van der Waals surface area (Å²) in [6, 6.07) is 6.03. The smallest absolute Gasteiger partial charge is 0.123 e. The normalized spacial score (nSPS) is 16.1. The Kier molecular flexibility index (Phi) is 7.01. The zero-order valence-corrected chi connectivity index (χ0v) is 11.0. The molecule has 1 aliphatic heterocycles. The van der Waals surface area contributed by atoms with Gasteiger partial charge in [-0.1, -0.05) is 0 Å². The molecule has 1 aromatic rings. The van der Waals surface area contributed by atoms with Crippen molar-refractivity contribution in [3.05, 3.63) is 30.1 Å². The molecule has 5 heteroatoms. The van der Waals surface area contributed by atoms with Gasteiger partial charge in [-0.15, -0.1) is 12.4 Å². The second-order valence-corrected chi connectivity index (χ2v) is 4.12. The minimum atomic E-state index is -0.247. The summed E-state index contributed by atoms with van der Waals surface area (Å²) in [5.41, 5.74) is 0. The van der Waals surface area contributed by atoms with Gasteiger partial charge in [0.2, 0.25) is 0 Å². The van der Waals surface area contributed by atoms with Gasteiger partial charge in [0.05, 0.1) is 12.7 Å². The Hall–Kier alpha value is -0.840. The van der Waals surface area contributed by atoms with E-state index in [1.165, 1.54) is 12.1 Å². The number of nitrogens with one attached hydrogen (secondary N) is 1. The van der Waals surface area contributed by atoms with Gasteiger partial charge in [0.25, 0.3) is 0 Å². The fraction of sp³-hybridized carbons (Fsp3) is 0.538. The molecule has 0 saturated carbocycles. The van der Waals surface area contributed by atoms with E-state index >= 15 is 0 Å². The first-order valence-corrected chi connectivity index (χ1v) is 6.05. The Morgan fingerprint density at radius 1 is 1.11 bits per heavy atom. The zero-order valence-electron chi connectivity index (χ0n) is 10.2. The molecule has 0 atom stereocenters. The van der Waals surface area contributed by atoms with Crippen molar-refractivity contribution in [2.24, 2.45) is 0 Å². The van der Waals surface area contributed by atoms with Gasteiger partial charge < -0.3 is 14.8 Å². The van der Waals surface area contributed by atoms with Crippen molar-refractivity contribution in [3.63, 3.8) is 0 Å². The lowest BCUT2D eigenvalue weighted by atomic mass is 10.1. The third-order valence-electron chi connectivity index (χ3n) is 2.81. The Balaban J connectivity index is 0.00000162. The van der Waals surface area contributed by atoms with Crippen LogP contribution < -0.4 is 10.1 Å². The van der Waals surface area contributed by atoms with Gasteiger partial charge in [0, 0.05) is 0 Å². The van der Waals surface area contributed by atoms with Crippen molar-refractivity contribution in [1.29, 1.82) is 0 Å². The summed E-state index contributed by atoms with van der Waals surface area (Å²) in [5.74, 6) is 0.434. The predicted octanol–water partition coefficient (Wildman–Crippen LogP) is 2.39. The van der Waals surface area contributed by atoms with Crippen LogP contribution in [-0.4, -0.2) is 32.4 Å².